The largest absolute Gasteiger partial charge is 0.493 e. The van der Waals surface area contributed by atoms with Crippen molar-refractivity contribution in [3.05, 3.63) is 45.7 Å². The summed E-state index contributed by atoms with van der Waals surface area (Å²) in [6.07, 6.45) is 0. The van der Waals surface area contributed by atoms with Crippen LogP contribution >= 0.6 is 23.4 Å². The summed E-state index contributed by atoms with van der Waals surface area (Å²) in [6, 6.07) is 7.65. The van der Waals surface area contributed by atoms with Crippen LogP contribution in [0.3, 0.4) is 0 Å². The molecule has 0 radical (unpaired) electrons. The Kier molecular flexibility index (Phi) is 4.65. The molecular weight excluding hydrogens is 302 g/mol. The molecule has 0 atom stereocenters. The van der Waals surface area contributed by atoms with Crippen LogP contribution in [0.15, 0.2) is 40.3 Å². The average molecular weight is 312 g/mol. The predicted molar refractivity (Wildman–Crippen MR) is 77.3 cm³/mol. The van der Waals surface area contributed by atoms with Crippen molar-refractivity contribution in [3.8, 4) is 5.88 Å². The van der Waals surface area contributed by atoms with Gasteiger partial charge in [-0.25, -0.2) is 0 Å². The molecule has 6 nitrogen and oxygen atoms in total. The molecule has 0 saturated heterocycles. The number of aromatic amines is 1. The van der Waals surface area contributed by atoms with E-state index in [2.05, 4.69) is 15.3 Å². The minimum Gasteiger partial charge on any atom is -0.493 e. The van der Waals surface area contributed by atoms with E-state index in [1.807, 2.05) is 0 Å². The Morgan fingerprint density at radius 1 is 1.40 bits per heavy atom. The van der Waals surface area contributed by atoms with Gasteiger partial charge in [0.1, 0.15) is 0 Å². The minimum atomic E-state index is -0.474. The quantitative estimate of drug-likeness (QED) is 0.592. The van der Waals surface area contributed by atoms with E-state index in [9.17, 15) is 9.59 Å². The van der Waals surface area contributed by atoms with Gasteiger partial charge in [-0.1, -0.05) is 23.4 Å². The molecule has 1 aromatic carbocycles. The van der Waals surface area contributed by atoms with Crippen molar-refractivity contribution in [2.45, 2.75) is 5.16 Å². The van der Waals surface area contributed by atoms with Crippen molar-refractivity contribution < 1.29 is 9.90 Å². The van der Waals surface area contributed by atoms with Crippen LogP contribution in [-0.2, 0) is 4.79 Å². The summed E-state index contributed by atoms with van der Waals surface area (Å²) in [6.45, 7) is 0. The van der Waals surface area contributed by atoms with Gasteiger partial charge in [0.25, 0.3) is 5.56 Å². The van der Waals surface area contributed by atoms with Gasteiger partial charge in [0.05, 0.1) is 11.8 Å². The number of benzene rings is 1. The highest BCUT2D eigenvalue weighted by Crippen LogP contribution is 2.16. The van der Waals surface area contributed by atoms with E-state index in [1.165, 1.54) is 0 Å². The van der Waals surface area contributed by atoms with Crippen LogP contribution in [0.2, 0.25) is 5.02 Å². The second-order valence-corrected chi connectivity index (χ2v) is 5.15. The number of carbonyl (C=O) groups is 1. The molecule has 2 aromatic rings. The average Bonchev–Trinajstić information content (AvgIpc) is 2.38. The second-order valence-electron chi connectivity index (χ2n) is 3.75. The van der Waals surface area contributed by atoms with Crippen molar-refractivity contribution in [1.82, 2.24) is 9.97 Å². The molecule has 1 amide bonds. The highest BCUT2D eigenvalue weighted by Gasteiger charge is 2.06. The van der Waals surface area contributed by atoms with Crippen LogP contribution < -0.4 is 10.9 Å². The molecular formula is C12H10ClN3O3S. The van der Waals surface area contributed by atoms with Gasteiger partial charge in [-0.2, -0.15) is 4.98 Å². The maximum Gasteiger partial charge on any atom is 0.255 e. The number of amides is 1. The maximum absolute atomic E-state index is 11.7. The van der Waals surface area contributed by atoms with Gasteiger partial charge in [-0.05, 0) is 24.3 Å². The van der Waals surface area contributed by atoms with E-state index in [4.69, 9.17) is 16.7 Å². The summed E-state index contributed by atoms with van der Waals surface area (Å²) >= 11 is 6.75. The molecule has 0 fully saturated rings. The van der Waals surface area contributed by atoms with E-state index in [0.717, 1.165) is 17.8 Å². The van der Waals surface area contributed by atoms with E-state index in [-0.39, 0.29) is 22.7 Å². The fourth-order valence-electron chi connectivity index (χ4n) is 1.36. The lowest BCUT2D eigenvalue weighted by molar-refractivity contribution is -0.113. The normalized spacial score (nSPS) is 10.2. The Balaban J connectivity index is 1.92. The van der Waals surface area contributed by atoms with Crippen LogP contribution in [-0.4, -0.2) is 26.7 Å². The number of aromatic hydroxyl groups is 1. The molecule has 0 aliphatic heterocycles. The summed E-state index contributed by atoms with van der Waals surface area (Å²) in [4.78, 5) is 28.9. The van der Waals surface area contributed by atoms with Crippen LogP contribution in [0.4, 0.5) is 5.69 Å². The fraction of sp³-hybridized carbons (Fsp3) is 0.0833. The van der Waals surface area contributed by atoms with Crippen molar-refractivity contribution in [2.24, 2.45) is 0 Å². The van der Waals surface area contributed by atoms with Crippen LogP contribution in [0.1, 0.15) is 0 Å². The SMILES string of the molecule is O=C(CSc1nc(O)cc(=O)[nH]1)Nc1ccc(Cl)cc1. The maximum atomic E-state index is 11.7. The molecule has 3 N–H and O–H groups in total. The highest BCUT2D eigenvalue weighted by atomic mass is 35.5. The van der Waals surface area contributed by atoms with Gasteiger partial charge < -0.3 is 15.4 Å². The number of aromatic nitrogens is 2. The van der Waals surface area contributed by atoms with Crippen molar-refractivity contribution >= 4 is 35.0 Å². The third kappa shape index (κ3) is 4.29. The number of rotatable bonds is 4. The first-order valence-electron chi connectivity index (χ1n) is 5.51. The highest BCUT2D eigenvalue weighted by molar-refractivity contribution is 7.99. The Bertz CT molecular complexity index is 672. The van der Waals surface area contributed by atoms with E-state index in [0.29, 0.717) is 10.7 Å². The number of hydrogen-bond donors (Lipinski definition) is 3. The number of hydrogen-bond acceptors (Lipinski definition) is 5. The molecule has 0 aliphatic rings. The summed E-state index contributed by atoms with van der Waals surface area (Å²) in [5.74, 6) is -0.590. The van der Waals surface area contributed by atoms with Crippen LogP contribution in [0.25, 0.3) is 0 Å². The Morgan fingerprint density at radius 3 is 2.75 bits per heavy atom. The van der Waals surface area contributed by atoms with E-state index in [1.54, 1.807) is 24.3 Å². The molecule has 2 rings (SSSR count). The zero-order chi connectivity index (χ0) is 14.5. The molecule has 20 heavy (non-hydrogen) atoms. The molecule has 0 bridgehead atoms. The number of H-pyrrole nitrogens is 1. The molecule has 8 heteroatoms. The monoisotopic (exact) mass is 311 g/mol. The molecule has 1 heterocycles. The Labute approximate surface area is 123 Å². The summed E-state index contributed by atoms with van der Waals surface area (Å²) in [5.41, 5.74) is 0.149. The topological polar surface area (TPSA) is 95.1 Å². The van der Waals surface area contributed by atoms with Gasteiger partial charge in [0.2, 0.25) is 11.8 Å². The molecule has 0 spiro atoms. The zero-order valence-corrected chi connectivity index (χ0v) is 11.7. The number of thioether (sulfide) groups is 1. The molecule has 0 unspecified atom stereocenters. The fourth-order valence-corrected chi connectivity index (χ4v) is 2.15. The van der Waals surface area contributed by atoms with Gasteiger partial charge in [0.15, 0.2) is 5.16 Å². The van der Waals surface area contributed by atoms with E-state index < -0.39 is 5.56 Å². The van der Waals surface area contributed by atoms with Gasteiger partial charge in [-0.3, -0.25) is 9.59 Å². The summed E-state index contributed by atoms with van der Waals surface area (Å²) in [7, 11) is 0. The van der Waals surface area contributed by atoms with Crippen LogP contribution in [0.5, 0.6) is 5.88 Å². The lowest BCUT2D eigenvalue weighted by atomic mass is 10.3. The zero-order valence-electron chi connectivity index (χ0n) is 10.1. The van der Waals surface area contributed by atoms with E-state index >= 15 is 0 Å². The molecule has 1 aromatic heterocycles. The predicted octanol–water partition coefficient (Wildman–Crippen LogP) is 1.86. The summed E-state index contributed by atoms with van der Waals surface area (Å²) in [5, 5.41) is 12.6. The number of halogens is 1. The van der Waals surface area contributed by atoms with Crippen molar-refractivity contribution in [3.63, 3.8) is 0 Å². The lowest BCUT2D eigenvalue weighted by Crippen LogP contribution is -2.15. The third-order valence-corrected chi connectivity index (χ3v) is 3.30. The number of nitrogens with zero attached hydrogens (tertiary/aromatic N) is 1. The van der Waals surface area contributed by atoms with Crippen LogP contribution in [0, 0.1) is 0 Å². The third-order valence-electron chi connectivity index (χ3n) is 2.17. The molecule has 0 saturated carbocycles. The Hall–Kier alpha value is -1.99. The summed E-state index contributed by atoms with van der Waals surface area (Å²) < 4.78 is 0. The van der Waals surface area contributed by atoms with Gasteiger partial charge in [-0.15, -0.1) is 0 Å². The second kappa shape index (κ2) is 6.44. The Morgan fingerprint density at radius 2 is 2.10 bits per heavy atom. The number of carbonyl (C=O) groups excluding carboxylic acids is 1. The lowest BCUT2D eigenvalue weighted by Gasteiger charge is -2.04. The molecule has 0 aliphatic carbocycles. The number of anilines is 1. The minimum absolute atomic E-state index is 0.0506. The standard InChI is InChI=1S/C12H10ClN3O3S/c13-7-1-3-8(4-2-7)14-11(19)6-20-12-15-9(17)5-10(18)16-12/h1-5H,6H2,(H,14,19)(H2,15,16,17,18). The first kappa shape index (κ1) is 14.4. The first-order valence-corrected chi connectivity index (χ1v) is 6.88. The van der Waals surface area contributed by atoms with Gasteiger partial charge >= 0.3 is 0 Å². The smallest absolute Gasteiger partial charge is 0.255 e. The van der Waals surface area contributed by atoms with Crippen molar-refractivity contribution in [1.29, 1.82) is 0 Å². The number of nitrogens with one attached hydrogen (secondary N) is 2. The first-order chi connectivity index (χ1) is 9.52. The molecule has 104 valence electrons. The van der Waals surface area contributed by atoms with Gasteiger partial charge in [0, 0.05) is 10.7 Å². The van der Waals surface area contributed by atoms with Crippen molar-refractivity contribution in [2.75, 3.05) is 11.1 Å².